The number of ether oxygens (including phenoxy) is 2. The highest BCUT2D eigenvalue weighted by atomic mass is 19.1. The second-order valence-corrected chi connectivity index (χ2v) is 6.49. The molecule has 6 heteroatoms. The summed E-state index contributed by atoms with van der Waals surface area (Å²) in [6.07, 6.45) is 0.168. The molecule has 1 aliphatic rings. The molecule has 0 aromatic heterocycles. The maximum atomic E-state index is 13.1. The minimum Gasteiger partial charge on any atom is -0.464 e. The number of halogens is 1. The molecule has 1 heterocycles. The summed E-state index contributed by atoms with van der Waals surface area (Å²) in [5.74, 6) is -0.631. The van der Waals surface area contributed by atoms with Crippen LogP contribution in [0.1, 0.15) is 43.1 Å². The van der Waals surface area contributed by atoms with Crippen molar-refractivity contribution in [2.24, 2.45) is 5.16 Å². The molecule has 2 aromatic carbocycles. The molecule has 2 atom stereocenters. The standard InChI is InChI=1S/C22H24FNO4/c1-3-26-21(22(25)27-4-2)13-15-6-5-7-17(12-15)19-14-20(28-24-19)16-8-10-18(23)11-9-16/h5-12,20-21H,3-4,13-14H2,1-2H3. The topological polar surface area (TPSA) is 57.1 Å². The van der Waals surface area contributed by atoms with Crippen LogP contribution in [-0.2, 0) is 25.5 Å². The number of benzene rings is 2. The molecule has 2 unspecified atom stereocenters. The molecule has 28 heavy (non-hydrogen) atoms. The van der Waals surface area contributed by atoms with Crippen molar-refractivity contribution in [2.75, 3.05) is 13.2 Å². The molecule has 1 aliphatic heterocycles. The molecule has 0 bridgehead atoms. The van der Waals surface area contributed by atoms with E-state index in [1.807, 2.05) is 31.2 Å². The number of nitrogens with zero attached hydrogens (tertiary/aromatic N) is 1. The van der Waals surface area contributed by atoms with Crippen LogP contribution in [-0.4, -0.2) is 31.0 Å². The van der Waals surface area contributed by atoms with Crippen LogP contribution in [0.3, 0.4) is 0 Å². The minimum absolute atomic E-state index is 0.227. The zero-order valence-corrected chi connectivity index (χ0v) is 16.1. The Labute approximate surface area is 164 Å². The largest absolute Gasteiger partial charge is 0.464 e. The molecule has 0 saturated carbocycles. The Bertz CT molecular complexity index is 835. The highest BCUT2D eigenvalue weighted by molar-refractivity contribution is 6.01. The van der Waals surface area contributed by atoms with Gasteiger partial charge in [0.25, 0.3) is 0 Å². The molecule has 0 spiro atoms. The number of hydrogen-bond donors (Lipinski definition) is 0. The van der Waals surface area contributed by atoms with Gasteiger partial charge in [-0.15, -0.1) is 0 Å². The summed E-state index contributed by atoms with van der Waals surface area (Å²) in [4.78, 5) is 17.6. The monoisotopic (exact) mass is 385 g/mol. The average Bonchev–Trinajstić information content (AvgIpc) is 3.19. The van der Waals surface area contributed by atoms with Crippen LogP contribution in [0.15, 0.2) is 53.7 Å². The number of carbonyl (C=O) groups is 1. The van der Waals surface area contributed by atoms with Crippen molar-refractivity contribution in [1.29, 1.82) is 0 Å². The van der Waals surface area contributed by atoms with Crippen LogP contribution in [0, 0.1) is 5.82 Å². The van der Waals surface area contributed by atoms with Crippen LogP contribution in [0.5, 0.6) is 0 Å². The van der Waals surface area contributed by atoms with E-state index in [-0.39, 0.29) is 17.9 Å². The van der Waals surface area contributed by atoms with E-state index in [9.17, 15) is 9.18 Å². The molecular formula is C22H24FNO4. The van der Waals surface area contributed by atoms with Crippen LogP contribution in [0.4, 0.5) is 4.39 Å². The molecule has 0 N–H and O–H groups in total. The molecule has 3 rings (SSSR count). The van der Waals surface area contributed by atoms with Crippen LogP contribution in [0.25, 0.3) is 0 Å². The predicted molar refractivity (Wildman–Crippen MR) is 104 cm³/mol. The fourth-order valence-electron chi connectivity index (χ4n) is 3.14. The van der Waals surface area contributed by atoms with Gasteiger partial charge in [0.1, 0.15) is 5.82 Å². The highest BCUT2D eigenvalue weighted by Gasteiger charge is 2.25. The summed E-state index contributed by atoms with van der Waals surface area (Å²) in [5, 5.41) is 4.21. The van der Waals surface area contributed by atoms with E-state index in [0.29, 0.717) is 26.1 Å². The van der Waals surface area contributed by atoms with E-state index in [1.54, 1.807) is 19.1 Å². The first-order valence-electron chi connectivity index (χ1n) is 9.46. The van der Waals surface area contributed by atoms with Gasteiger partial charge in [0.15, 0.2) is 12.2 Å². The molecule has 0 radical (unpaired) electrons. The van der Waals surface area contributed by atoms with Crippen LogP contribution >= 0.6 is 0 Å². The summed E-state index contributed by atoms with van der Waals surface area (Å²) in [7, 11) is 0. The Hall–Kier alpha value is -2.73. The van der Waals surface area contributed by atoms with Gasteiger partial charge in [-0.3, -0.25) is 0 Å². The molecule has 148 valence electrons. The Balaban J connectivity index is 1.69. The number of esters is 1. The van der Waals surface area contributed by atoms with Gasteiger partial charge in [-0.1, -0.05) is 35.5 Å². The van der Waals surface area contributed by atoms with Crippen molar-refractivity contribution in [2.45, 2.75) is 38.9 Å². The van der Waals surface area contributed by atoms with Gasteiger partial charge in [0.05, 0.1) is 12.3 Å². The van der Waals surface area contributed by atoms with Gasteiger partial charge in [-0.2, -0.15) is 0 Å². The van der Waals surface area contributed by atoms with Gasteiger partial charge in [-0.05, 0) is 48.7 Å². The van der Waals surface area contributed by atoms with E-state index >= 15 is 0 Å². The first-order chi connectivity index (χ1) is 13.6. The van der Waals surface area contributed by atoms with E-state index in [0.717, 1.165) is 22.4 Å². The summed E-state index contributed by atoms with van der Waals surface area (Å²) >= 11 is 0. The number of hydrogen-bond acceptors (Lipinski definition) is 5. The third kappa shape index (κ3) is 4.95. The van der Waals surface area contributed by atoms with E-state index < -0.39 is 6.10 Å². The normalized spacial score (nSPS) is 17.0. The zero-order valence-electron chi connectivity index (χ0n) is 16.1. The lowest BCUT2D eigenvalue weighted by molar-refractivity contribution is -0.156. The summed E-state index contributed by atoms with van der Waals surface area (Å²) in [6, 6.07) is 14.1. The average molecular weight is 385 g/mol. The minimum atomic E-state index is -0.631. The molecule has 0 fully saturated rings. The maximum absolute atomic E-state index is 13.1. The van der Waals surface area contributed by atoms with Gasteiger partial charge < -0.3 is 14.3 Å². The van der Waals surface area contributed by atoms with Crippen molar-refractivity contribution in [1.82, 2.24) is 0 Å². The molecule has 5 nitrogen and oxygen atoms in total. The van der Waals surface area contributed by atoms with E-state index in [4.69, 9.17) is 14.3 Å². The lowest BCUT2D eigenvalue weighted by atomic mass is 9.97. The van der Waals surface area contributed by atoms with Crippen molar-refractivity contribution >= 4 is 11.7 Å². The maximum Gasteiger partial charge on any atom is 0.335 e. The third-order valence-electron chi connectivity index (χ3n) is 4.51. The first-order valence-corrected chi connectivity index (χ1v) is 9.46. The number of carbonyl (C=O) groups excluding carboxylic acids is 1. The number of rotatable bonds is 8. The lowest BCUT2D eigenvalue weighted by Gasteiger charge is -2.16. The second kappa shape index (κ2) is 9.46. The Morgan fingerprint density at radius 3 is 2.71 bits per heavy atom. The van der Waals surface area contributed by atoms with Crippen LogP contribution in [0.2, 0.25) is 0 Å². The highest BCUT2D eigenvalue weighted by Crippen LogP contribution is 2.30. The quantitative estimate of drug-likeness (QED) is 0.639. The molecular weight excluding hydrogens is 361 g/mol. The van der Waals surface area contributed by atoms with Gasteiger partial charge in [0, 0.05) is 19.4 Å². The summed E-state index contributed by atoms with van der Waals surface area (Å²) in [5.41, 5.74) is 3.59. The van der Waals surface area contributed by atoms with Gasteiger partial charge in [0.2, 0.25) is 0 Å². The lowest BCUT2D eigenvalue weighted by Crippen LogP contribution is -2.29. The predicted octanol–water partition coefficient (Wildman–Crippen LogP) is 4.20. The number of oxime groups is 1. The van der Waals surface area contributed by atoms with Gasteiger partial charge >= 0.3 is 5.97 Å². The summed E-state index contributed by atoms with van der Waals surface area (Å²) in [6.45, 7) is 4.38. The SMILES string of the molecule is CCOC(=O)C(Cc1cccc(C2=NOC(c3ccc(F)cc3)C2)c1)OCC. The van der Waals surface area contributed by atoms with E-state index in [2.05, 4.69) is 5.16 Å². The molecule has 0 saturated heterocycles. The van der Waals surface area contributed by atoms with E-state index in [1.165, 1.54) is 12.1 Å². The van der Waals surface area contributed by atoms with Crippen LogP contribution < -0.4 is 0 Å². The first kappa shape index (κ1) is 20.0. The van der Waals surface area contributed by atoms with Crippen molar-refractivity contribution in [3.8, 4) is 0 Å². The summed E-state index contributed by atoms with van der Waals surface area (Å²) < 4.78 is 23.8. The third-order valence-corrected chi connectivity index (χ3v) is 4.51. The van der Waals surface area contributed by atoms with Crippen molar-refractivity contribution in [3.63, 3.8) is 0 Å². The second-order valence-electron chi connectivity index (χ2n) is 6.49. The van der Waals surface area contributed by atoms with Gasteiger partial charge in [-0.25, -0.2) is 9.18 Å². The van der Waals surface area contributed by atoms with Crippen molar-refractivity contribution < 1.29 is 23.5 Å². The Morgan fingerprint density at radius 1 is 1.21 bits per heavy atom. The Morgan fingerprint density at radius 2 is 2.00 bits per heavy atom. The fourth-order valence-corrected chi connectivity index (χ4v) is 3.14. The smallest absolute Gasteiger partial charge is 0.335 e. The molecule has 2 aromatic rings. The fraction of sp³-hybridized carbons (Fsp3) is 0.364. The van der Waals surface area contributed by atoms with Crippen molar-refractivity contribution in [3.05, 3.63) is 71.0 Å². The Kier molecular flexibility index (Phi) is 6.76. The molecule has 0 aliphatic carbocycles. The zero-order chi connectivity index (χ0) is 19.9. The molecule has 0 amide bonds.